The molecule has 0 radical (unpaired) electrons. The van der Waals surface area contributed by atoms with Gasteiger partial charge in [-0.05, 0) is 64.0 Å². The predicted octanol–water partition coefficient (Wildman–Crippen LogP) is 3.96. The van der Waals surface area contributed by atoms with Gasteiger partial charge in [-0.1, -0.05) is 18.5 Å². The van der Waals surface area contributed by atoms with Crippen molar-refractivity contribution in [2.45, 2.75) is 51.1 Å². The van der Waals surface area contributed by atoms with Crippen molar-refractivity contribution in [1.82, 2.24) is 4.90 Å². The highest BCUT2D eigenvalue weighted by Gasteiger charge is 2.36. The molecule has 1 aromatic carbocycles. The van der Waals surface area contributed by atoms with Crippen molar-refractivity contribution >= 4 is 23.2 Å². The highest BCUT2D eigenvalue weighted by Crippen LogP contribution is 2.32. The van der Waals surface area contributed by atoms with E-state index in [1.54, 1.807) is 0 Å². The second kappa shape index (κ2) is 7.28. The molecule has 0 saturated heterocycles. The van der Waals surface area contributed by atoms with Gasteiger partial charge in [-0.2, -0.15) is 0 Å². The number of hydrogen-bond acceptors (Lipinski definition) is 2. The van der Waals surface area contributed by atoms with Gasteiger partial charge in [0.15, 0.2) is 0 Å². The van der Waals surface area contributed by atoms with Crippen molar-refractivity contribution in [1.29, 1.82) is 0 Å². The number of benzene rings is 1. The first-order valence-corrected chi connectivity index (χ1v) is 8.16. The number of halogens is 1. The highest BCUT2D eigenvalue weighted by molar-refractivity contribution is 6.30. The number of hydrogen-bond donors (Lipinski definition) is 0. The molecule has 21 heavy (non-hydrogen) atoms. The molecule has 1 amide bonds. The fourth-order valence-electron chi connectivity index (χ4n) is 3.28. The molecule has 116 valence electrons. The summed E-state index contributed by atoms with van der Waals surface area (Å²) in [6.45, 7) is 2.05. The molecule has 0 spiro atoms. The van der Waals surface area contributed by atoms with Crippen LogP contribution in [0.4, 0.5) is 5.69 Å². The zero-order chi connectivity index (χ0) is 15.4. The van der Waals surface area contributed by atoms with Crippen LogP contribution in [0, 0.1) is 0 Å². The Morgan fingerprint density at radius 2 is 1.81 bits per heavy atom. The molecule has 0 aromatic heterocycles. The molecule has 0 aliphatic heterocycles. The number of carbonyl (C=O) groups is 1. The smallest absolute Gasteiger partial charge is 0.227 e. The van der Waals surface area contributed by atoms with Crippen molar-refractivity contribution in [2.24, 2.45) is 0 Å². The fraction of sp³-hybridized carbons (Fsp3) is 0.588. The third-order valence-corrected chi connectivity index (χ3v) is 4.53. The van der Waals surface area contributed by atoms with E-state index in [4.69, 9.17) is 11.6 Å². The normalized spacial score (nSPS) is 21.8. The van der Waals surface area contributed by atoms with Gasteiger partial charge in [-0.3, -0.25) is 4.79 Å². The molecule has 2 atom stereocenters. The van der Waals surface area contributed by atoms with Gasteiger partial charge in [0.1, 0.15) is 0 Å². The van der Waals surface area contributed by atoms with E-state index in [-0.39, 0.29) is 11.9 Å². The van der Waals surface area contributed by atoms with Gasteiger partial charge in [0.25, 0.3) is 0 Å². The summed E-state index contributed by atoms with van der Waals surface area (Å²) in [4.78, 5) is 16.9. The third kappa shape index (κ3) is 3.78. The molecule has 1 aliphatic carbocycles. The van der Waals surface area contributed by atoms with E-state index in [9.17, 15) is 4.79 Å². The first-order valence-electron chi connectivity index (χ1n) is 7.78. The zero-order valence-corrected chi connectivity index (χ0v) is 13.9. The minimum atomic E-state index is 0.221. The van der Waals surface area contributed by atoms with Gasteiger partial charge < -0.3 is 9.80 Å². The van der Waals surface area contributed by atoms with Crippen LogP contribution < -0.4 is 4.90 Å². The van der Waals surface area contributed by atoms with Crippen molar-refractivity contribution in [2.75, 3.05) is 19.0 Å². The minimum absolute atomic E-state index is 0.221. The van der Waals surface area contributed by atoms with E-state index in [0.717, 1.165) is 24.9 Å². The van der Waals surface area contributed by atoms with E-state index in [0.29, 0.717) is 17.5 Å². The van der Waals surface area contributed by atoms with Crippen LogP contribution >= 0.6 is 11.6 Å². The molecular formula is C17H25ClN2O. The molecule has 0 bridgehead atoms. The topological polar surface area (TPSA) is 23.6 Å². The van der Waals surface area contributed by atoms with Crippen LogP contribution in [-0.4, -0.2) is 37.0 Å². The van der Waals surface area contributed by atoms with E-state index < -0.39 is 0 Å². The molecule has 4 heteroatoms. The molecule has 1 aromatic rings. The first kappa shape index (κ1) is 16.3. The van der Waals surface area contributed by atoms with Crippen molar-refractivity contribution in [3.63, 3.8) is 0 Å². The van der Waals surface area contributed by atoms with Crippen LogP contribution in [0.1, 0.15) is 39.0 Å². The van der Waals surface area contributed by atoms with Gasteiger partial charge >= 0.3 is 0 Å². The van der Waals surface area contributed by atoms with Gasteiger partial charge in [0, 0.05) is 23.2 Å². The van der Waals surface area contributed by atoms with Gasteiger partial charge in [0.05, 0.1) is 6.04 Å². The van der Waals surface area contributed by atoms with Crippen LogP contribution in [0.2, 0.25) is 5.02 Å². The average Bonchev–Trinajstić information content (AvgIpc) is 2.91. The summed E-state index contributed by atoms with van der Waals surface area (Å²) in [5.74, 6) is 0.221. The maximum absolute atomic E-state index is 12.7. The lowest BCUT2D eigenvalue weighted by Gasteiger charge is -2.36. The first-order chi connectivity index (χ1) is 10.0. The van der Waals surface area contributed by atoms with Crippen molar-refractivity contribution in [3.8, 4) is 0 Å². The van der Waals surface area contributed by atoms with Gasteiger partial charge in [0.2, 0.25) is 5.91 Å². The molecule has 0 heterocycles. The third-order valence-electron chi connectivity index (χ3n) is 4.28. The molecule has 3 nitrogen and oxygen atoms in total. The minimum Gasteiger partial charge on any atom is -0.308 e. The lowest BCUT2D eigenvalue weighted by Crippen LogP contribution is -2.49. The van der Waals surface area contributed by atoms with Gasteiger partial charge in [-0.25, -0.2) is 0 Å². The molecular weight excluding hydrogens is 284 g/mol. The molecule has 2 unspecified atom stereocenters. The predicted molar refractivity (Wildman–Crippen MR) is 89.0 cm³/mol. The fourth-order valence-corrected chi connectivity index (χ4v) is 3.41. The summed E-state index contributed by atoms with van der Waals surface area (Å²) in [7, 11) is 4.21. The largest absolute Gasteiger partial charge is 0.308 e. The monoisotopic (exact) mass is 308 g/mol. The summed E-state index contributed by atoms with van der Waals surface area (Å²) in [5, 5.41) is 0.706. The van der Waals surface area contributed by atoms with Crippen molar-refractivity contribution in [3.05, 3.63) is 29.3 Å². The van der Waals surface area contributed by atoms with E-state index in [2.05, 4.69) is 25.9 Å². The number of rotatable bonds is 5. The van der Waals surface area contributed by atoms with Gasteiger partial charge in [-0.15, -0.1) is 0 Å². The molecule has 0 N–H and O–H groups in total. The summed E-state index contributed by atoms with van der Waals surface area (Å²) in [5.41, 5.74) is 0.969. The molecule has 1 aliphatic rings. The van der Waals surface area contributed by atoms with Crippen LogP contribution in [0.15, 0.2) is 24.3 Å². The summed E-state index contributed by atoms with van der Waals surface area (Å²) >= 11 is 5.98. The quantitative estimate of drug-likeness (QED) is 0.822. The number of amides is 1. The number of carbonyl (C=O) groups excluding carboxylic acids is 1. The Morgan fingerprint density at radius 1 is 1.19 bits per heavy atom. The van der Waals surface area contributed by atoms with Crippen LogP contribution in [0.5, 0.6) is 0 Å². The highest BCUT2D eigenvalue weighted by atomic mass is 35.5. The maximum atomic E-state index is 12.7. The van der Waals surface area contributed by atoms with E-state index >= 15 is 0 Å². The number of likely N-dealkylation sites (N-methyl/N-ethyl adjacent to an activating group) is 1. The Labute approximate surface area is 132 Å². The van der Waals surface area contributed by atoms with Crippen molar-refractivity contribution < 1.29 is 4.79 Å². The Kier molecular flexibility index (Phi) is 5.65. The zero-order valence-electron chi connectivity index (χ0n) is 13.2. The Hall–Kier alpha value is -1.06. The number of nitrogens with zero attached hydrogens (tertiary/aromatic N) is 2. The van der Waals surface area contributed by atoms with Crippen LogP contribution in [-0.2, 0) is 4.79 Å². The average molecular weight is 309 g/mol. The Morgan fingerprint density at radius 3 is 2.38 bits per heavy atom. The summed E-state index contributed by atoms with van der Waals surface area (Å²) in [6.07, 6.45) is 4.88. The maximum Gasteiger partial charge on any atom is 0.227 e. The SMILES string of the molecule is CCCC(=O)N(c1ccc(Cl)cc1)C1CCCC1N(C)C. The standard InChI is InChI=1S/C17H25ClN2O/c1-4-6-17(21)20(14-11-9-13(18)10-12-14)16-8-5-7-15(16)19(2)3/h9-12,15-16H,4-8H2,1-3H3. The summed E-state index contributed by atoms with van der Waals surface area (Å²) in [6, 6.07) is 8.34. The Balaban J connectivity index is 2.31. The number of anilines is 1. The van der Waals surface area contributed by atoms with Crippen LogP contribution in [0.3, 0.4) is 0 Å². The molecule has 1 fully saturated rings. The summed E-state index contributed by atoms with van der Waals surface area (Å²) < 4.78 is 0. The second-order valence-corrected chi connectivity index (χ2v) is 6.46. The lowest BCUT2D eigenvalue weighted by molar-refractivity contribution is -0.119. The second-order valence-electron chi connectivity index (χ2n) is 6.02. The van der Waals surface area contributed by atoms with E-state index in [1.165, 1.54) is 6.42 Å². The lowest BCUT2D eigenvalue weighted by atomic mass is 10.1. The Bertz CT molecular complexity index is 472. The van der Waals surface area contributed by atoms with E-state index in [1.807, 2.05) is 29.2 Å². The molecule has 2 rings (SSSR count). The molecule has 1 saturated carbocycles. The van der Waals surface area contributed by atoms with Crippen LogP contribution in [0.25, 0.3) is 0 Å².